The molecule has 5 nitrogen and oxygen atoms in total. The van der Waals surface area contributed by atoms with Gasteiger partial charge in [0.25, 0.3) is 0 Å². The summed E-state index contributed by atoms with van der Waals surface area (Å²) in [6.07, 6.45) is 3.76. The van der Waals surface area contributed by atoms with Gasteiger partial charge in [0.05, 0.1) is 0 Å². The molecule has 0 fully saturated rings. The van der Waals surface area contributed by atoms with E-state index in [1.807, 2.05) is 0 Å². The van der Waals surface area contributed by atoms with Crippen molar-refractivity contribution in [2.45, 2.75) is 25.7 Å². The van der Waals surface area contributed by atoms with Crippen molar-refractivity contribution in [1.29, 1.82) is 0 Å². The molecule has 1 atom stereocenters. The molecular formula is C8H13N5S. The molecule has 0 radical (unpaired) electrons. The summed E-state index contributed by atoms with van der Waals surface area (Å²) in [7, 11) is 0. The van der Waals surface area contributed by atoms with Crippen LogP contribution in [-0.4, -0.2) is 26.4 Å². The van der Waals surface area contributed by atoms with E-state index in [1.54, 1.807) is 22.2 Å². The molecule has 0 saturated heterocycles. The van der Waals surface area contributed by atoms with Crippen molar-refractivity contribution in [2.24, 2.45) is 5.73 Å². The van der Waals surface area contributed by atoms with Crippen molar-refractivity contribution in [2.75, 3.05) is 6.54 Å². The Hall–Kier alpha value is -1.01. The Morgan fingerprint density at radius 3 is 3.21 bits per heavy atom. The molecule has 6 heteroatoms. The quantitative estimate of drug-likeness (QED) is 0.820. The lowest BCUT2D eigenvalue weighted by Crippen LogP contribution is -2.02. The van der Waals surface area contributed by atoms with Crippen LogP contribution in [0.5, 0.6) is 0 Å². The smallest absolute Gasteiger partial charge is 0.234 e. The van der Waals surface area contributed by atoms with Crippen LogP contribution in [0.15, 0.2) is 6.33 Å². The van der Waals surface area contributed by atoms with Crippen molar-refractivity contribution < 1.29 is 0 Å². The van der Waals surface area contributed by atoms with Crippen LogP contribution in [0.25, 0.3) is 4.96 Å². The van der Waals surface area contributed by atoms with Gasteiger partial charge in [-0.2, -0.15) is 9.61 Å². The van der Waals surface area contributed by atoms with Crippen molar-refractivity contribution >= 4 is 16.3 Å². The van der Waals surface area contributed by atoms with E-state index in [9.17, 15) is 0 Å². The summed E-state index contributed by atoms with van der Waals surface area (Å²) in [6, 6.07) is 0. The van der Waals surface area contributed by atoms with E-state index in [4.69, 9.17) is 5.73 Å². The van der Waals surface area contributed by atoms with Gasteiger partial charge >= 0.3 is 0 Å². The molecule has 2 aromatic heterocycles. The van der Waals surface area contributed by atoms with Gasteiger partial charge in [-0.15, -0.1) is 10.2 Å². The lowest BCUT2D eigenvalue weighted by molar-refractivity contribution is 0.628. The second-order valence-corrected chi connectivity index (χ2v) is 4.32. The van der Waals surface area contributed by atoms with Crippen LogP contribution in [-0.2, 0) is 0 Å². The van der Waals surface area contributed by atoms with Crippen molar-refractivity contribution in [3.63, 3.8) is 0 Å². The van der Waals surface area contributed by atoms with E-state index in [1.165, 1.54) is 0 Å². The molecule has 2 heterocycles. The Morgan fingerprint density at radius 2 is 2.50 bits per heavy atom. The third-order valence-corrected chi connectivity index (χ3v) is 3.31. The van der Waals surface area contributed by atoms with Gasteiger partial charge in [0.1, 0.15) is 11.3 Å². The van der Waals surface area contributed by atoms with E-state index in [0.717, 1.165) is 29.4 Å². The first-order chi connectivity index (χ1) is 6.81. The second-order valence-electron chi connectivity index (χ2n) is 3.33. The van der Waals surface area contributed by atoms with Crippen LogP contribution in [0.4, 0.5) is 0 Å². The zero-order chi connectivity index (χ0) is 9.97. The third-order valence-electron chi connectivity index (χ3n) is 2.17. The second kappa shape index (κ2) is 4.02. The van der Waals surface area contributed by atoms with Crippen LogP contribution >= 0.6 is 11.3 Å². The predicted octanol–water partition coefficient (Wildman–Crippen LogP) is 1.03. The first-order valence-electron chi connectivity index (χ1n) is 4.68. The number of rotatable bonds is 4. The fraction of sp³-hybridized carbons (Fsp3) is 0.625. The van der Waals surface area contributed by atoms with Gasteiger partial charge in [-0.1, -0.05) is 18.3 Å². The highest BCUT2D eigenvalue weighted by molar-refractivity contribution is 7.16. The zero-order valence-corrected chi connectivity index (χ0v) is 8.87. The van der Waals surface area contributed by atoms with Gasteiger partial charge < -0.3 is 5.73 Å². The van der Waals surface area contributed by atoms with Gasteiger partial charge in [-0.05, 0) is 19.4 Å². The fourth-order valence-electron chi connectivity index (χ4n) is 1.32. The van der Waals surface area contributed by atoms with Crippen molar-refractivity contribution in [3.05, 3.63) is 11.3 Å². The molecule has 1 unspecified atom stereocenters. The normalized spacial score (nSPS) is 13.6. The summed E-state index contributed by atoms with van der Waals surface area (Å²) in [6.45, 7) is 2.91. The molecule has 0 amide bonds. The van der Waals surface area contributed by atoms with E-state index in [0.29, 0.717) is 5.92 Å². The molecule has 0 bridgehead atoms. The average molecular weight is 211 g/mol. The van der Waals surface area contributed by atoms with Gasteiger partial charge in [0.2, 0.25) is 4.96 Å². The maximum Gasteiger partial charge on any atom is 0.234 e. The molecule has 0 aliphatic rings. The standard InChI is InChI=1S/C8H13N5S/c1-6(3-2-4-9)7-12-13-5-10-11-8(13)14-7/h5-6H,2-4,9H2,1H3. The highest BCUT2D eigenvalue weighted by Gasteiger charge is 2.11. The minimum Gasteiger partial charge on any atom is -0.330 e. The number of hydrogen-bond donors (Lipinski definition) is 1. The van der Waals surface area contributed by atoms with E-state index >= 15 is 0 Å². The minimum absolute atomic E-state index is 0.463. The minimum atomic E-state index is 0.463. The first kappa shape index (κ1) is 9.54. The Balaban J connectivity index is 2.13. The summed E-state index contributed by atoms with van der Waals surface area (Å²) < 4.78 is 1.72. The van der Waals surface area contributed by atoms with Crippen molar-refractivity contribution in [3.8, 4) is 0 Å². The fourth-order valence-corrected chi connectivity index (χ4v) is 2.23. The topological polar surface area (TPSA) is 69.1 Å². The maximum absolute atomic E-state index is 5.47. The molecule has 14 heavy (non-hydrogen) atoms. The van der Waals surface area contributed by atoms with E-state index < -0.39 is 0 Å². The molecule has 0 aliphatic heterocycles. The maximum atomic E-state index is 5.47. The molecule has 0 aromatic carbocycles. The monoisotopic (exact) mass is 211 g/mol. The van der Waals surface area contributed by atoms with Crippen LogP contribution in [0, 0.1) is 0 Å². The molecule has 0 aliphatic carbocycles. The Kier molecular flexibility index (Phi) is 2.74. The molecule has 0 spiro atoms. The molecule has 0 saturated carbocycles. The number of hydrogen-bond acceptors (Lipinski definition) is 5. The van der Waals surface area contributed by atoms with Crippen molar-refractivity contribution in [1.82, 2.24) is 19.8 Å². The lowest BCUT2D eigenvalue weighted by atomic mass is 10.1. The highest BCUT2D eigenvalue weighted by atomic mass is 32.1. The van der Waals surface area contributed by atoms with Crippen LogP contribution < -0.4 is 5.73 Å². The molecule has 76 valence electrons. The first-order valence-corrected chi connectivity index (χ1v) is 5.49. The number of fused-ring (bicyclic) bond motifs is 1. The number of aromatic nitrogens is 4. The molecule has 2 N–H and O–H groups in total. The van der Waals surface area contributed by atoms with Gasteiger partial charge in [0, 0.05) is 5.92 Å². The summed E-state index contributed by atoms with van der Waals surface area (Å²) in [4.78, 5) is 0.861. The summed E-state index contributed by atoms with van der Waals surface area (Å²) in [5, 5.41) is 13.2. The zero-order valence-electron chi connectivity index (χ0n) is 8.05. The number of nitrogens with two attached hydrogens (primary N) is 1. The Labute approximate surface area is 86.0 Å². The molecular weight excluding hydrogens is 198 g/mol. The Bertz CT molecular complexity index is 378. The number of nitrogens with zero attached hydrogens (tertiary/aromatic N) is 4. The summed E-state index contributed by atoms with van der Waals surface area (Å²) in [5.74, 6) is 0.463. The summed E-state index contributed by atoms with van der Waals surface area (Å²) in [5.41, 5.74) is 5.47. The van der Waals surface area contributed by atoms with Gasteiger partial charge in [0.15, 0.2) is 0 Å². The van der Waals surface area contributed by atoms with Crippen LogP contribution in [0.1, 0.15) is 30.7 Å². The van der Waals surface area contributed by atoms with Crippen LogP contribution in [0.2, 0.25) is 0 Å². The molecule has 2 aromatic rings. The average Bonchev–Trinajstić information content (AvgIpc) is 2.72. The SMILES string of the molecule is CC(CCCN)c1nn2cnnc2s1. The molecule has 2 rings (SSSR count). The van der Waals surface area contributed by atoms with E-state index in [-0.39, 0.29) is 0 Å². The Morgan fingerprint density at radius 1 is 1.64 bits per heavy atom. The van der Waals surface area contributed by atoms with Gasteiger partial charge in [-0.25, -0.2) is 0 Å². The van der Waals surface area contributed by atoms with Crippen LogP contribution in [0.3, 0.4) is 0 Å². The third kappa shape index (κ3) is 1.76. The van der Waals surface area contributed by atoms with Gasteiger partial charge in [-0.3, -0.25) is 0 Å². The largest absolute Gasteiger partial charge is 0.330 e. The van der Waals surface area contributed by atoms with E-state index in [2.05, 4.69) is 22.2 Å². The summed E-state index contributed by atoms with van der Waals surface area (Å²) >= 11 is 1.60. The lowest BCUT2D eigenvalue weighted by Gasteiger charge is -2.04. The predicted molar refractivity (Wildman–Crippen MR) is 55.4 cm³/mol. The highest BCUT2D eigenvalue weighted by Crippen LogP contribution is 2.24.